The van der Waals surface area contributed by atoms with Crippen molar-refractivity contribution in [3.8, 4) is 5.69 Å². The second-order valence-corrected chi connectivity index (χ2v) is 4.73. The maximum absolute atomic E-state index is 4.34. The minimum absolute atomic E-state index is 0.229. The molecule has 1 aromatic carbocycles. The van der Waals surface area contributed by atoms with Crippen molar-refractivity contribution in [2.75, 3.05) is 6.54 Å². The highest BCUT2D eigenvalue weighted by atomic mass is 15.4. The van der Waals surface area contributed by atoms with Gasteiger partial charge in [0.2, 0.25) is 0 Å². The summed E-state index contributed by atoms with van der Waals surface area (Å²) in [5, 5.41) is 12.0. The first-order valence-electron chi connectivity index (χ1n) is 6.92. The molecule has 1 heterocycles. The molecule has 0 aliphatic rings. The van der Waals surface area contributed by atoms with Crippen molar-refractivity contribution in [1.29, 1.82) is 0 Å². The zero-order chi connectivity index (χ0) is 13.8. The number of benzene rings is 1. The third kappa shape index (κ3) is 2.68. The normalized spacial score (nSPS) is 12.6. The molecule has 4 nitrogen and oxygen atoms in total. The Labute approximate surface area is 114 Å². The molecule has 0 amide bonds. The molecule has 0 aliphatic heterocycles. The molecule has 2 rings (SSSR count). The standard InChI is InChI=1S/C15H22N4/c1-5-13-9-7-8-10-14(13)19-12(4)15(17-18-19)11(3)16-6-2/h7-11,16H,5-6H2,1-4H3. The van der Waals surface area contributed by atoms with Crippen LogP contribution in [-0.2, 0) is 6.42 Å². The quantitative estimate of drug-likeness (QED) is 0.896. The third-order valence-electron chi connectivity index (χ3n) is 3.45. The summed E-state index contributed by atoms with van der Waals surface area (Å²) >= 11 is 0. The molecule has 102 valence electrons. The van der Waals surface area contributed by atoms with Crippen LogP contribution in [0.25, 0.3) is 5.69 Å². The van der Waals surface area contributed by atoms with Gasteiger partial charge >= 0.3 is 0 Å². The molecule has 1 atom stereocenters. The fraction of sp³-hybridized carbons (Fsp3) is 0.467. The Morgan fingerprint density at radius 2 is 2.00 bits per heavy atom. The fourth-order valence-electron chi connectivity index (χ4n) is 2.39. The Hall–Kier alpha value is -1.68. The lowest BCUT2D eigenvalue weighted by atomic mass is 10.1. The van der Waals surface area contributed by atoms with Crippen LogP contribution < -0.4 is 5.32 Å². The van der Waals surface area contributed by atoms with Crippen LogP contribution in [0.1, 0.15) is 43.8 Å². The lowest BCUT2D eigenvalue weighted by molar-refractivity contribution is 0.579. The van der Waals surface area contributed by atoms with Gasteiger partial charge in [0.15, 0.2) is 0 Å². The average Bonchev–Trinajstić information content (AvgIpc) is 2.80. The van der Waals surface area contributed by atoms with Crippen LogP contribution in [0.4, 0.5) is 0 Å². The summed E-state index contributed by atoms with van der Waals surface area (Å²) in [6.07, 6.45) is 0.994. The fourth-order valence-corrected chi connectivity index (χ4v) is 2.39. The number of para-hydroxylation sites is 1. The van der Waals surface area contributed by atoms with Gasteiger partial charge < -0.3 is 5.32 Å². The molecular weight excluding hydrogens is 236 g/mol. The second kappa shape index (κ2) is 5.97. The predicted octanol–water partition coefficient (Wildman–Crippen LogP) is 2.81. The average molecular weight is 258 g/mol. The van der Waals surface area contributed by atoms with E-state index in [2.05, 4.69) is 61.5 Å². The first-order valence-corrected chi connectivity index (χ1v) is 6.92. The zero-order valence-corrected chi connectivity index (χ0v) is 12.1. The topological polar surface area (TPSA) is 42.7 Å². The summed E-state index contributed by atoms with van der Waals surface area (Å²) in [7, 11) is 0. The largest absolute Gasteiger partial charge is 0.309 e. The van der Waals surface area contributed by atoms with E-state index in [-0.39, 0.29) is 6.04 Å². The van der Waals surface area contributed by atoms with E-state index in [0.29, 0.717) is 0 Å². The van der Waals surface area contributed by atoms with Gasteiger partial charge in [-0.2, -0.15) is 0 Å². The molecule has 2 aromatic rings. The summed E-state index contributed by atoms with van der Waals surface area (Å²) in [6, 6.07) is 8.58. The van der Waals surface area contributed by atoms with Crippen LogP contribution in [0, 0.1) is 6.92 Å². The monoisotopic (exact) mass is 258 g/mol. The Kier molecular flexibility index (Phi) is 4.32. The van der Waals surface area contributed by atoms with Crippen LogP contribution in [0.5, 0.6) is 0 Å². The highest BCUT2D eigenvalue weighted by Crippen LogP contribution is 2.20. The van der Waals surface area contributed by atoms with E-state index >= 15 is 0 Å². The third-order valence-corrected chi connectivity index (χ3v) is 3.45. The first-order chi connectivity index (χ1) is 9.19. The van der Waals surface area contributed by atoms with Gasteiger partial charge in [-0.05, 0) is 38.4 Å². The maximum atomic E-state index is 4.34. The number of nitrogens with one attached hydrogen (secondary N) is 1. The minimum atomic E-state index is 0.229. The van der Waals surface area contributed by atoms with Gasteiger partial charge in [-0.3, -0.25) is 0 Å². The van der Waals surface area contributed by atoms with Crippen LogP contribution >= 0.6 is 0 Å². The van der Waals surface area contributed by atoms with E-state index in [1.54, 1.807) is 0 Å². The van der Waals surface area contributed by atoms with E-state index in [4.69, 9.17) is 0 Å². The molecular formula is C15H22N4. The van der Waals surface area contributed by atoms with Gasteiger partial charge in [-0.1, -0.05) is 37.3 Å². The number of aromatic nitrogens is 3. The van der Waals surface area contributed by atoms with Gasteiger partial charge in [-0.15, -0.1) is 5.10 Å². The van der Waals surface area contributed by atoms with E-state index in [1.165, 1.54) is 5.56 Å². The van der Waals surface area contributed by atoms with E-state index in [1.807, 2.05) is 10.7 Å². The Morgan fingerprint density at radius 3 is 2.68 bits per heavy atom. The van der Waals surface area contributed by atoms with Crippen molar-refractivity contribution < 1.29 is 0 Å². The van der Waals surface area contributed by atoms with Crippen LogP contribution in [-0.4, -0.2) is 21.5 Å². The summed E-state index contributed by atoms with van der Waals surface area (Å²) in [5.74, 6) is 0. The molecule has 1 aromatic heterocycles. The molecule has 0 aliphatic carbocycles. The van der Waals surface area contributed by atoms with Gasteiger partial charge in [-0.25, -0.2) is 4.68 Å². The number of nitrogens with zero attached hydrogens (tertiary/aromatic N) is 3. The Balaban J connectivity index is 2.41. The van der Waals surface area contributed by atoms with Gasteiger partial charge in [0.05, 0.1) is 17.4 Å². The zero-order valence-electron chi connectivity index (χ0n) is 12.1. The lowest BCUT2D eigenvalue weighted by Crippen LogP contribution is -2.19. The van der Waals surface area contributed by atoms with Gasteiger partial charge in [0.25, 0.3) is 0 Å². The second-order valence-electron chi connectivity index (χ2n) is 4.73. The van der Waals surface area contributed by atoms with E-state index in [9.17, 15) is 0 Å². The Bertz CT molecular complexity index is 545. The lowest BCUT2D eigenvalue weighted by Gasteiger charge is -2.12. The molecule has 0 saturated carbocycles. The van der Waals surface area contributed by atoms with Gasteiger partial charge in [0, 0.05) is 0 Å². The molecule has 0 radical (unpaired) electrons. The molecule has 1 N–H and O–H groups in total. The number of hydrogen-bond donors (Lipinski definition) is 1. The smallest absolute Gasteiger partial charge is 0.103 e. The molecule has 1 unspecified atom stereocenters. The van der Waals surface area contributed by atoms with Crippen LogP contribution in [0.2, 0.25) is 0 Å². The van der Waals surface area contributed by atoms with E-state index < -0.39 is 0 Å². The SMILES string of the molecule is CCNC(C)c1nnn(-c2ccccc2CC)c1C. The van der Waals surface area contributed by atoms with Crippen molar-refractivity contribution in [3.05, 3.63) is 41.2 Å². The van der Waals surface area contributed by atoms with Crippen molar-refractivity contribution >= 4 is 0 Å². The number of rotatable bonds is 5. The summed E-state index contributed by atoms with van der Waals surface area (Å²) in [4.78, 5) is 0. The van der Waals surface area contributed by atoms with Crippen molar-refractivity contribution in [1.82, 2.24) is 20.3 Å². The van der Waals surface area contributed by atoms with Crippen molar-refractivity contribution in [2.24, 2.45) is 0 Å². The van der Waals surface area contributed by atoms with Crippen molar-refractivity contribution in [3.63, 3.8) is 0 Å². The van der Waals surface area contributed by atoms with Crippen LogP contribution in [0.3, 0.4) is 0 Å². The van der Waals surface area contributed by atoms with Crippen molar-refractivity contribution in [2.45, 2.75) is 40.2 Å². The van der Waals surface area contributed by atoms with Crippen LogP contribution in [0.15, 0.2) is 24.3 Å². The molecule has 4 heteroatoms. The van der Waals surface area contributed by atoms with Gasteiger partial charge in [0.1, 0.15) is 5.69 Å². The summed E-state index contributed by atoms with van der Waals surface area (Å²) in [6.45, 7) is 9.39. The Morgan fingerprint density at radius 1 is 1.26 bits per heavy atom. The first kappa shape index (κ1) is 13.7. The molecule has 0 spiro atoms. The number of hydrogen-bond acceptors (Lipinski definition) is 3. The molecule has 19 heavy (non-hydrogen) atoms. The van der Waals surface area contributed by atoms with E-state index in [0.717, 1.165) is 30.0 Å². The molecule has 0 fully saturated rings. The summed E-state index contributed by atoms with van der Waals surface area (Å²) in [5.41, 5.74) is 4.55. The maximum Gasteiger partial charge on any atom is 0.103 e. The number of aryl methyl sites for hydroxylation is 1. The highest BCUT2D eigenvalue weighted by molar-refractivity contribution is 5.41. The predicted molar refractivity (Wildman–Crippen MR) is 77.6 cm³/mol. The molecule has 0 bridgehead atoms. The minimum Gasteiger partial charge on any atom is -0.309 e. The highest BCUT2D eigenvalue weighted by Gasteiger charge is 2.16. The molecule has 0 saturated heterocycles. The summed E-state index contributed by atoms with van der Waals surface area (Å²) < 4.78 is 1.95.